The number of nitriles is 1. The van der Waals surface area contributed by atoms with Crippen molar-refractivity contribution in [3.8, 4) is 17.2 Å². The number of nitrogens with one attached hydrogen (secondary N) is 4. The standard InChI is InChI=1S/C31H38FN5O6/c1-30(2,3)42-28(40)35-17-21(38)14-20(36-29(41)43-31(4,5)6)16-34-27(39)26-24(19-12-10-18(15-33)11-13-19)22-8-7-9-23(32)25(22)37-26/h7-13,20-21,37-38H,14,16-17H2,1-6H3,(H,34,39)(H,35,40)(H,36,41)/t20-,21?/m0/s1. The molecule has 0 radical (unpaired) electrons. The predicted octanol–water partition coefficient (Wildman–Crippen LogP) is 4.74. The largest absolute Gasteiger partial charge is 0.444 e. The van der Waals surface area contributed by atoms with Crippen molar-refractivity contribution < 1.29 is 33.4 Å². The van der Waals surface area contributed by atoms with Crippen LogP contribution in [-0.4, -0.2) is 64.6 Å². The van der Waals surface area contributed by atoms with Crippen LogP contribution in [0.5, 0.6) is 0 Å². The highest BCUT2D eigenvalue weighted by molar-refractivity contribution is 6.09. The number of nitrogens with zero attached hydrogens (tertiary/aromatic N) is 1. The van der Waals surface area contributed by atoms with Crippen molar-refractivity contribution in [2.24, 2.45) is 0 Å². The number of fused-ring (bicyclic) bond motifs is 1. The van der Waals surface area contributed by atoms with Gasteiger partial charge < -0.3 is 35.5 Å². The maximum atomic E-state index is 14.7. The number of aliphatic hydroxyl groups excluding tert-OH is 1. The van der Waals surface area contributed by atoms with Crippen molar-refractivity contribution >= 4 is 29.0 Å². The molecule has 2 aromatic carbocycles. The van der Waals surface area contributed by atoms with Gasteiger partial charge in [-0.3, -0.25) is 4.79 Å². The summed E-state index contributed by atoms with van der Waals surface area (Å²) >= 11 is 0. The number of amides is 3. The average molecular weight is 596 g/mol. The van der Waals surface area contributed by atoms with E-state index < -0.39 is 47.3 Å². The summed E-state index contributed by atoms with van der Waals surface area (Å²) in [5.41, 5.74) is 0.160. The number of aromatic nitrogens is 1. The molecule has 3 aromatic rings. The molecule has 2 atom stereocenters. The molecular weight excluding hydrogens is 557 g/mol. The van der Waals surface area contributed by atoms with E-state index in [4.69, 9.17) is 9.47 Å². The maximum Gasteiger partial charge on any atom is 0.407 e. The molecule has 11 nitrogen and oxygen atoms in total. The molecule has 0 saturated carbocycles. The first kappa shape index (κ1) is 32.9. The van der Waals surface area contributed by atoms with E-state index in [0.29, 0.717) is 22.1 Å². The molecule has 0 aliphatic heterocycles. The number of H-pyrrole nitrogens is 1. The van der Waals surface area contributed by atoms with Gasteiger partial charge in [-0.15, -0.1) is 0 Å². The minimum atomic E-state index is -1.11. The van der Waals surface area contributed by atoms with Crippen molar-refractivity contribution in [1.29, 1.82) is 5.26 Å². The van der Waals surface area contributed by atoms with E-state index in [9.17, 15) is 29.1 Å². The third-order valence-electron chi connectivity index (χ3n) is 5.98. The fourth-order valence-electron chi connectivity index (χ4n) is 4.26. The number of alkyl carbamates (subject to hydrolysis) is 2. The quantitative estimate of drug-likeness (QED) is 0.238. The van der Waals surface area contributed by atoms with Gasteiger partial charge in [0.1, 0.15) is 22.7 Å². The maximum absolute atomic E-state index is 14.7. The Labute approximate surface area is 249 Å². The Balaban J connectivity index is 1.81. The topological polar surface area (TPSA) is 166 Å². The number of carbonyl (C=O) groups is 3. The van der Waals surface area contributed by atoms with Gasteiger partial charge in [0.15, 0.2) is 0 Å². The lowest BCUT2D eigenvalue weighted by Crippen LogP contribution is -2.48. The number of benzene rings is 2. The van der Waals surface area contributed by atoms with E-state index in [1.807, 2.05) is 6.07 Å². The van der Waals surface area contributed by atoms with Gasteiger partial charge in [0.2, 0.25) is 0 Å². The molecule has 0 aliphatic carbocycles. The minimum Gasteiger partial charge on any atom is -0.444 e. The van der Waals surface area contributed by atoms with E-state index in [1.54, 1.807) is 71.9 Å². The van der Waals surface area contributed by atoms with Gasteiger partial charge in [-0.1, -0.05) is 24.3 Å². The van der Waals surface area contributed by atoms with Crippen molar-refractivity contribution in [3.05, 3.63) is 59.5 Å². The van der Waals surface area contributed by atoms with Crippen LogP contribution < -0.4 is 16.0 Å². The van der Waals surface area contributed by atoms with E-state index >= 15 is 0 Å². The molecule has 230 valence electrons. The van der Waals surface area contributed by atoms with Crippen LogP contribution in [0, 0.1) is 17.1 Å². The fraction of sp³-hybridized carbons (Fsp3) is 0.419. The molecule has 3 rings (SSSR count). The van der Waals surface area contributed by atoms with Gasteiger partial charge in [-0.25, -0.2) is 14.0 Å². The van der Waals surface area contributed by atoms with Crippen LogP contribution in [0.1, 0.15) is 64.0 Å². The molecule has 0 spiro atoms. The van der Waals surface area contributed by atoms with Gasteiger partial charge in [-0.2, -0.15) is 5.26 Å². The van der Waals surface area contributed by atoms with Crippen LogP contribution in [0.2, 0.25) is 0 Å². The summed E-state index contributed by atoms with van der Waals surface area (Å²) in [6.07, 6.45) is -2.64. The molecule has 3 amide bonds. The molecule has 12 heteroatoms. The summed E-state index contributed by atoms with van der Waals surface area (Å²) in [7, 11) is 0. The number of carbonyl (C=O) groups excluding carboxylic acids is 3. The number of para-hydroxylation sites is 1. The van der Waals surface area contributed by atoms with Crippen LogP contribution in [0.25, 0.3) is 22.0 Å². The highest BCUT2D eigenvalue weighted by Crippen LogP contribution is 2.34. The summed E-state index contributed by atoms with van der Waals surface area (Å²) < 4.78 is 25.2. The van der Waals surface area contributed by atoms with Gasteiger partial charge in [-0.05, 0) is 71.7 Å². The fourth-order valence-corrected chi connectivity index (χ4v) is 4.26. The summed E-state index contributed by atoms with van der Waals surface area (Å²) in [4.78, 5) is 40.9. The molecule has 1 unspecified atom stereocenters. The van der Waals surface area contributed by atoms with Crippen LogP contribution >= 0.6 is 0 Å². The van der Waals surface area contributed by atoms with Gasteiger partial charge in [0.05, 0.1) is 29.3 Å². The highest BCUT2D eigenvalue weighted by Gasteiger charge is 2.25. The van der Waals surface area contributed by atoms with E-state index in [2.05, 4.69) is 20.9 Å². The molecular formula is C31H38FN5O6. The minimum absolute atomic E-state index is 0.0564. The smallest absolute Gasteiger partial charge is 0.407 e. The number of hydrogen-bond donors (Lipinski definition) is 5. The SMILES string of the molecule is CC(C)(C)OC(=O)NCC(O)C[C@@H](CNC(=O)c1[nH]c2c(F)cccc2c1-c1ccc(C#N)cc1)NC(=O)OC(C)(C)C. The van der Waals surface area contributed by atoms with E-state index in [1.165, 1.54) is 12.1 Å². The number of halogens is 1. The van der Waals surface area contributed by atoms with Gasteiger partial charge >= 0.3 is 12.2 Å². The zero-order valence-corrected chi connectivity index (χ0v) is 25.1. The van der Waals surface area contributed by atoms with Gasteiger partial charge in [0, 0.05) is 24.0 Å². The number of aromatic amines is 1. The Kier molecular flexibility index (Phi) is 10.4. The highest BCUT2D eigenvalue weighted by atomic mass is 19.1. The van der Waals surface area contributed by atoms with Crippen LogP contribution in [0.3, 0.4) is 0 Å². The van der Waals surface area contributed by atoms with Crippen molar-refractivity contribution in [3.63, 3.8) is 0 Å². The van der Waals surface area contributed by atoms with Gasteiger partial charge in [0.25, 0.3) is 5.91 Å². The van der Waals surface area contributed by atoms with E-state index in [-0.39, 0.29) is 30.7 Å². The Morgan fingerprint density at radius 1 is 0.953 bits per heavy atom. The Morgan fingerprint density at radius 3 is 2.19 bits per heavy atom. The Morgan fingerprint density at radius 2 is 1.58 bits per heavy atom. The monoisotopic (exact) mass is 595 g/mol. The van der Waals surface area contributed by atoms with Crippen LogP contribution in [0.4, 0.5) is 14.0 Å². The molecule has 1 aromatic heterocycles. The summed E-state index contributed by atoms with van der Waals surface area (Å²) in [5.74, 6) is -1.14. The second-order valence-corrected chi connectivity index (χ2v) is 12.1. The second-order valence-electron chi connectivity index (χ2n) is 12.1. The zero-order valence-electron chi connectivity index (χ0n) is 25.1. The lowest BCUT2D eigenvalue weighted by molar-refractivity contribution is 0.0438. The molecule has 43 heavy (non-hydrogen) atoms. The van der Waals surface area contributed by atoms with Crippen molar-refractivity contribution in [2.75, 3.05) is 13.1 Å². The Hall–Kier alpha value is -4.63. The van der Waals surface area contributed by atoms with Crippen molar-refractivity contribution in [2.45, 2.75) is 71.3 Å². The molecule has 0 bridgehead atoms. The van der Waals surface area contributed by atoms with Crippen LogP contribution in [-0.2, 0) is 9.47 Å². The number of aliphatic hydroxyl groups is 1. The first-order valence-corrected chi connectivity index (χ1v) is 13.8. The molecule has 0 saturated heterocycles. The average Bonchev–Trinajstić information content (AvgIpc) is 3.29. The summed E-state index contributed by atoms with van der Waals surface area (Å²) in [5, 5.41) is 28.1. The molecule has 0 fully saturated rings. The molecule has 5 N–H and O–H groups in total. The predicted molar refractivity (Wildman–Crippen MR) is 159 cm³/mol. The Bertz CT molecular complexity index is 1500. The van der Waals surface area contributed by atoms with Crippen LogP contribution in [0.15, 0.2) is 42.5 Å². The molecule has 1 heterocycles. The zero-order chi connectivity index (χ0) is 31.9. The number of rotatable bonds is 9. The number of hydrogen-bond acceptors (Lipinski definition) is 7. The number of ether oxygens (including phenoxy) is 2. The molecule has 0 aliphatic rings. The first-order valence-electron chi connectivity index (χ1n) is 13.8. The summed E-state index contributed by atoms with van der Waals surface area (Å²) in [6, 6.07) is 12.3. The van der Waals surface area contributed by atoms with Crippen molar-refractivity contribution in [1.82, 2.24) is 20.9 Å². The lowest BCUT2D eigenvalue weighted by atomic mass is 10.00. The first-order chi connectivity index (χ1) is 20.1. The lowest BCUT2D eigenvalue weighted by Gasteiger charge is -2.26. The normalized spacial score (nSPS) is 13.0. The third kappa shape index (κ3) is 9.72. The third-order valence-corrected chi connectivity index (χ3v) is 5.98. The van der Waals surface area contributed by atoms with E-state index in [0.717, 1.165) is 0 Å². The summed E-state index contributed by atoms with van der Waals surface area (Å²) in [6.45, 7) is 9.92. The second kappa shape index (κ2) is 13.6.